The Bertz CT molecular complexity index is 906. The Morgan fingerprint density at radius 1 is 0.939 bits per heavy atom. The van der Waals surface area contributed by atoms with E-state index in [1.807, 2.05) is 74.5 Å². The van der Waals surface area contributed by atoms with Crippen molar-refractivity contribution in [2.75, 3.05) is 7.05 Å². The van der Waals surface area contributed by atoms with E-state index in [1.165, 1.54) is 7.05 Å². The van der Waals surface area contributed by atoms with Gasteiger partial charge in [-0.3, -0.25) is 19.3 Å². The molecule has 3 amide bonds. The molecule has 3 atom stereocenters. The Morgan fingerprint density at radius 3 is 2.00 bits per heavy atom. The highest BCUT2D eigenvalue weighted by molar-refractivity contribution is 7.81. The maximum atomic E-state index is 13.5. The van der Waals surface area contributed by atoms with Gasteiger partial charge in [-0.05, 0) is 36.3 Å². The molecule has 0 fully saturated rings. The third kappa shape index (κ3) is 8.02. The van der Waals surface area contributed by atoms with Crippen LogP contribution in [0.1, 0.15) is 37.8 Å². The van der Waals surface area contributed by atoms with Crippen molar-refractivity contribution in [2.24, 2.45) is 11.7 Å². The van der Waals surface area contributed by atoms with Gasteiger partial charge in [-0.15, -0.1) is 0 Å². The highest BCUT2D eigenvalue weighted by Gasteiger charge is 2.39. The van der Waals surface area contributed by atoms with Crippen LogP contribution < -0.4 is 11.1 Å². The molecule has 0 bridgehead atoms. The second-order valence-electron chi connectivity index (χ2n) is 8.64. The number of nitrogens with zero attached hydrogens (tertiary/aromatic N) is 1. The van der Waals surface area contributed by atoms with Crippen LogP contribution in [0.3, 0.4) is 0 Å². The quantitative estimate of drug-likeness (QED) is 0.441. The van der Waals surface area contributed by atoms with Crippen molar-refractivity contribution in [3.05, 3.63) is 71.8 Å². The zero-order valence-corrected chi connectivity index (χ0v) is 20.5. The standard InChI is InChI=1S/C26H35N3O3S/c1-18(2)16-21(27)25(31)29(22(24(30)28-3)17-20-12-8-5-9-13-20)26(32)23(33)15-14-19-10-6-4-7-11-19/h4-13,18,21-23,33H,14-17,27H2,1-3H3,(H,28,30)/t21-,22-,23?/m0/s1. The second-order valence-corrected chi connectivity index (χ2v) is 9.27. The number of carbonyl (C=O) groups excluding carboxylic acids is 3. The van der Waals surface area contributed by atoms with Crippen LogP contribution in [-0.2, 0) is 27.2 Å². The molecule has 0 aliphatic heterocycles. The topological polar surface area (TPSA) is 92.5 Å². The van der Waals surface area contributed by atoms with Crippen molar-refractivity contribution >= 4 is 30.4 Å². The molecule has 2 aromatic rings. The first kappa shape index (κ1) is 26.6. The molecule has 0 saturated heterocycles. The lowest BCUT2D eigenvalue weighted by Gasteiger charge is -2.33. The zero-order chi connectivity index (χ0) is 24.4. The molecule has 7 heteroatoms. The Hall–Kier alpha value is -2.64. The fourth-order valence-electron chi connectivity index (χ4n) is 3.74. The number of thiol groups is 1. The first-order valence-electron chi connectivity index (χ1n) is 11.3. The van der Waals surface area contributed by atoms with E-state index in [-0.39, 0.29) is 12.3 Å². The van der Waals surface area contributed by atoms with Crippen molar-refractivity contribution in [1.29, 1.82) is 0 Å². The molecule has 0 heterocycles. The number of aryl methyl sites for hydroxylation is 1. The van der Waals surface area contributed by atoms with E-state index in [4.69, 9.17) is 5.73 Å². The molecule has 0 spiro atoms. The summed E-state index contributed by atoms with van der Waals surface area (Å²) in [5, 5.41) is 1.85. The van der Waals surface area contributed by atoms with Crippen molar-refractivity contribution in [1.82, 2.24) is 10.2 Å². The number of nitrogens with one attached hydrogen (secondary N) is 1. The van der Waals surface area contributed by atoms with E-state index in [9.17, 15) is 14.4 Å². The lowest BCUT2D eigenvalue weighted by molar-refractivity contribution is -0.152. The molecule has 2 aromatic carbocycles. The molecule has 0 aromatic heterocycles. The van der Waals surface area contributed by atoms with E-state index >= 15 is 0 Å². The fourth-order valence-corrected chi connectivity index (χ4v) is 3.99. The summed E-state index contributed by atoms with van der Waals surface area (Å²) in [6, 6.07) is 17.2. The maximum absolute atomic E-state index is 13.5. The molecule has 1 unspecified atom stereocenters. The maximum Gasteiger partial charge on any atom is 0.246 e. The van der Waals surface area contributed by atoms with Gasteiger partial charge < -0.3 is 11.1 Å². The highest BCUT2D eigenvalue weighted by Crippen LogP contribution is 2.19. The van der Waals surface area contributed by atoms with Gasteiger partial charge in [0.2, 0.25) is 17.7 Å². The SMILES string of the molecule is CNC(=O)[C@H](Cc1ccccc1)N(C(=O)C(S)CCc1ccccc1)C(=O)[C@@H](N)CC(C)C. The Balaban J connectivity index is 2.33. The Labute approximate surface area is 202 Å². The van der Waals surface area contributed by atoms with Crippen LogP contribution >= 0.6 is 12.6 Å². The van der Waals surface area contributed by atoms with Crippen LogP contribution in [-0.4, -0.2) is 47.0 Å². The van der Waals surface area contributed by atoms with Gasteiger partial charge in [0.05, 0.1) is 11.3 Å². The molecular formula is C26H35N3O3S. The summed E-state index contributed by atoms with van der Waals surface area (Å²) in [5.41, 5.74) is 8.11. The summed E-state index contributed by atoms with van der Waals surface area (Å²) in [6.45, 7) is 3.92. The molecular weight excluding hydrogens is 434 g/mol. The second kappa shape index (κ2) is 13.2. The highest BCUT2D eigenvalue weighted by atomic mass is 32.1. The number of hydrogen-bond acceptors (Lipinski definition) is 5. The van der Waals surface area contributed by atoms with Crippen molar-refractivity contribution in [3.8, 4) is 0 Å². The molecule has 0 aliphatic rings. The van der Waals surface area contributed by atoms with Crippen LogP contribution in [0.5, 0.6) is 0 Å². The first-order chi connectivity index (χ1) is 15.7. The molecule has 33 heavy (non-hydrogen) atoms. The number of hydrogen-bond donors (Lipinski definition) is 3. The predicted octanol–water partition coefficient (Wildman–Crippen LogP) is 3.00. The van der Waals surface area contributed by atoms with E-state index in [1.54, 1.807) is 0 Å². The van der Waals surface area contributed by atoms with Gasteiger partial charge in [0.25, 0.3) is 0 Å². The average molecular weight is 470 g/mol. The van der Waals surface area contributed by atoms with Crippen LogP contribution in [0.2, 0.25) is 0 Å². The summed E-state index contributed by atoms with van der Waals surface area (Å²) >= 11 is 4.53. The number of imide groups is 1. The van der Waals surface area contributed by atoms with Crippen LogP contribution in [0.25, 0.3) is 0 Å². The van der Waals surface area contributed by atoms with E-state index in [2.05, 4.69) is 17.9 Å². The number of carbonyl (C=O) groups is 3. The van der Waals surface area contributed by atoms with Gasteiger partial charge in [-0.2, -0.15) is 12.6 Å². The first-order valence-corrected chi connectivity index (χ1v) is 11.9. The van der Waals surface area contributed by atoms with Gasteiger partial charge in [0.15, 0.2) is 0 Å². The normalized spacial score (nSPS) is 13.8. The third-order valence-electron chi connectivity index (χ3n) is 5.48. The van der Waals surface area contributed by atoms with Crippen molar-refractivity contribution < 1.29 is 14.4 Å². The van der Waals surface area contributed by atoms with Gasteiger partial charge in [0.1, 0.15) is 6.04 Å². The number of benzene rings is 2. The minimum absolute atomic E-state index is 0.165. The molecule has 2 rings (SSSR count). The Kier molecular flexibility index (Phi) is 10.6. The number of nitrogens with two attached hydrogens (primary N) is 1. The molecule has 178 valence electrons. The number of likely N-dealkylation sites (N-methyl/N-ethyl adjacent to an activating group) is 1. The molecule has 0 aliphatic carbocycles. The summed E-state index contributed by atoms with van der Waals surface area (Å²) in [5.74, 6) is -1.29. The minimum atomic E-state index is -1.01. The van der Waals surface area contributed by atoms with Crippen molar-refractivity contribution in [2.45, 2.75) is 56.9 Å². The minimum Gasteiger partial charge on any atom is -0.357 e. The molecule has 6 nitrogen and oxygen atoms in total. The molecule has 0 radical (unpaired) electrons. The van der Waals surface area contributed by atoms with E-state index < -0.39 is 35.1 Å². The summed E-state index contributed by atoms with van der Waals surface area (Å²) in [7, 11) is 1.50. The summed E-state index contributed by atoms with van der Waals surface area (Å²) < 4.78 is 0. The molecule has 0 saturated carbocycles. The Morgan fingerprint density at radius 2 is 1.48 bits per heavy atom. The number of amides is 3. The monoisotopic (exact) mass is 469 g/mol. The summed E-state index contributed by atoms with van der Waals surface area (Å²) in [4.78, 5) is 40.9. The predicted molar refractivity (Wildman–Crippen MR) is 135 cm³/mol. The van der Waals surface area contributed by atoms with Crippen LogP contribution in [0.15, 0.2) is 60.7 Å². The average Bonchev–Trinajstić information content (AvgIpc) is 2.82. The van der Waals surface area contributed by atoms with Crippen LogP contribution in [0, 0.1) is 5.92 Å². The lowest BCUT2D eigenvalue weighted by Crippen LogP contribution is -2.58. The lowest BCUT2D eigenvalue weighted by atomic mass is 9.98. The van der Waals surface area contributed by atoms with Gasteiger partial charge >= 0.3 is 0 Å². The van der Waals surface area contributed by atoms with Gasteiger partial charge in [-0.25, -0.2) is 0 Å². The smallest absolute Gasteiger partial charge is 0.246 e. The largest absolute Gasteiger partial charge is 0.357 e. The van der Waals surface area contributed by atoms with Crippen LogP contribution in [0.4, 0.5) is 0 Å². The summed E-state index contributed by atoms with van der Waals surface area (Å²) in [6.07, 6.45) is 1.67. The van der Waals surface area contributed by atoms with Gasteiger partial charge in [-0.1, -0.05) is 74.5 Å². The van der Waals surface area contributed by atoms with Crippen molar-refractivity contribution in [3.63, 3.8) is 0 Å². The third-order valence-corrected chi connectivity index (χ3v) is 5.96. The molecule has 3 N–H and O–H groups in total. The zero-order valence-electron chi connectivity index (χ0n) is 19.6. The van der Waals surface area contributed by atoms with E-state index in [0.29, 0.717) is 19.3 Å². The number of rotatable bonds is 11. The van der Waals surface area contributed by atoms with Gasteiger partial charge in [0, 0.05) is 13.5 Å². The fraction of sp³-hybridized carbons (Fsp3) is 0.423. The van der Waals surface area contributed by atoms with E-state index in [0.717, 1.165) is 16.0 Å².